The predicted molar refractivity (Wildman–Crippen MR) is 218 cm³/mol. The summed E-state index contributed by atoms with van der Waals surface area (Å²) >= 11 is 0. The summed E-state index contributed by atoms with van der Waals surface area (Å²) in [5, 5.41) is 10.4. The predicted octanol–water partition coefficient (Wildman–Crippen LogP) is 13.5. The van der Waals surface area contributed by atoms with Crippen molar-refractivity contribution in [2.75, 3.05) is 0 Å². The summed E-state index contributed by atoms with van der Waals surface area (Å²) < 4.78 is 0. The van der Waals surface area contributed by atoms with Gasteiger partial charge < -0.3 is 0 Å². The molecule has 13 rings (SSSR count). The van der Waals surface area contributed by atoms with Crippen LogP contribution in [0.2, 0.25) is 0 Å². The first kappa shape index (κ1) is 27.1. The van der Waals surface area contributed by atoms with Gasteiger partial charge in [0.2, 0.25) is 0 Å². The zero-order valence-corrected chi connectivity index (χ0v) is 28.6. The van der Waals surface area contributed by atoms with Crippen LogP contribution in [0, 0.1) is 13.8 Å². The van der Waals surface area contributed by atoms with Crippen molar-refractivity contribution >= 4 is 54.1 Å². The molecule has 0 aliphatic heterocycles. The van der Waals surface area contributed by atoms with Crippen molar-refractivity contribution in [2.45, 2.75) is 13.8 Å². The largest absolute Gasteiger partial charge is 0.252 e. The first-order valence-corrected chi connectivity index (χ1v) is 18.2. The molecule has 0 bridgehead atoms. The van der Waals surface area contributed by atoms with Crippen LogP contribution in [0.15, 0.2) is 133 Å². The summed E-state index contributed by atoms with van der Waals surface area (Å²) in [5.41, 5.74) is 22.1. The average molecular weight is 657 g/mol. The van der Waals surface area contributed by atoms with Crippen molar-refractivity contribution in [3.63, 3.8) is 0 Å². The lowest BCUT2D eigenvalue weighted by molar-refractivity contribution is 1.26. The van der Waals surface area contributed by atoms with E-state index in [9.17, 15) is 0 Å². The monoisotopic (exact) mass is 656 g/mol. The van der Waals surface area contributed by atoms with E-state index < -0.39 is 0 Å². The maximum atomic E-state index is 5.24. The topological polar surface area (TPSA) is 25.8 Å². The van der Waals surface area contributed by atoms with Crippen LogP contribution in [0.1, 0.15) is 11.4 Å². The molecule has 2 heterocycles. The summed E-state index contributed by atoms with van der Waals surface area (Å²) in [6.45, 7) is 4.25. The quantitative estimate of drug-likeness (QED) is 0.173. The Balaban J connectivity index is 1.08. The minimum atomic E-state index is 1.05. The molecule has 8 aromatic carbocycles. The SMILES string of the molecule is Cc1cc2c3c(ccc(-c4ccc5c6c4ccc4ccc7c(-c8ccc9c%10c(cc(C)nc8%10)-c8ccccc8-9)ccc-5c7c46)c3n1)-c1ccccc1-2. The molecule has 0 radical (unpaired) electrons. The van der Waals surface area contributed by atoms with Crippen LogP contribution in [0.5, 0.6) is 0 Å². The van der Waals surface area contributed by atoms with E-state index in [1.165, 1.54) is 121 Å². The number of hydrogen-bond acceptors (Lipinski definition) is 2. The van der Waals surface area contributed by atoms with Gasteiger partial charge in [0.05, 0.1) is 11.0 Å². The summed E-state index contributed by atoms with van der Waals surface area (Å²) in [7, 11) is 0. The number of nitrogens with zero attached hydrogens (tertiary/aromatic N) is 2. The van der Waals surface area contributed by atoms with Crippen molar-refractivity contribution in [3.05, 3.63) is 145 Å². The third kappa shape index (κ3) is 3.14. The number of fused-ring (bicyclic) bond motifs is 7. The highest BCUT2D eigenvalue weighted by atomic mass is 14.7. The third-order valence-corrected chi connectivity index (χ3v) is 12.2. The third-order valence-electron chi connectivity index (χ3n) is 12.2. The van der Waals surface area contributed by atoms with E-state index in [-0.39, 0.29) is 0 Å². The molecule has 52 heavy (non-hydrogen) atoms. The maximum absolute atomic E-state index is 5.24. The molecule has 2 nitrogen and oxygen atoms in total. The van der Waals surface area contributed by atoms with Crippen LogP contribution in [-0.4, -0.2) is 9.97 Å². The minimum Gasteiger partial charge on any atom is -0.252 e. The molecule has 238 valence electrons. The van der Waals surface area contributed by atoms with E-state index in [0.717, 1.165) is 22.4 Å². The van der Waals surface area contributed by atoms with Crippen LogP contribution in [0.4, 0.5) is 0 Å². The van der Waals surface area contributed by atoms with E-state index >= 15 is 0 Å². The molecule has 0 fully saturated rings. The second-order valence-electron chi connectivity index (χ2n) is 14.9. The van der Waals surface area contributed by atoms with Crippen LogP contribution in [0.25, 0.3) is 132 Å². The Morgan fingerprint density at radius 3 is 1.10 bits per heavy atom. The molecular weight excluding hydrogens is 629 g/mol. The number of pyridine rings is 2. The molecule has 3 aliphatic carbocycles. The zero-order valence-electron chi connectivity index (χ0n) is 28.6. The molecular formula is C50H28N2. The van der Waals surface area contributed by atoms with Crippen molar-refractivity contribution in [1.82, 2.24) is 9.97 Å². The molecule has 2 heteroatoms. The summed E-state index contributed by atoms with van der Waals surface area (Å²) in [6, 6.07) is 50.0. The highest BCUT2D eigenvalue weighted by molar-refractivity contribution is 6.36. The van der Waals surface area contributed by atoms with E-state index in [2.05, 4.69) is 147 Å². The van der Waals surface area contributed by atoms with Gasteiger partial charge in [-0.25, -0.2) is 0 Å². The van der Waals surface area contributed by atoms with Crippen LogP contribution >= 0.6 is 0 Å². The number of hydrogen-bond donors (Lipinski definition) is 0. The lowest BCUT2D eigenvalue weighted by Crippen LogP contribution is -1.91. The molecule has 0 amide bonds. The second-order valence-corrected chi connectivity index (χ2v) is 14.9. The number of aromatic nitrogens is 2. The summed E-state index contributed by atoms with van der Waals surface area (Å²) in [6.07, 6.45) is 0. The fourth-order valence-electron chi connectivity index (χ4n) is 10.2. The van der Waals surface area contributed by atoms with Crippen molar-refractivity contribution in [3.8, 4) is 77.9 Å². The maximum Gasteiger partial charge on any atom is 0.0796 e. The van der Waals surface area contributed by atoms with Gasteiger partial charge in [-0.15, -0.1) is 0 Å². The smallest absolute Gasteiger partial charge is 0.0796 e. The number of rotatable bonds is 2. The molecule has 0 unspecified atom stereocenters. The highest BCUT2D eigenvalue weighted by Gasteiger charge is 2.29. The number of aryl methyl sites for hydroxylation is 2. The molecule has 2 aromatic heterocycles. The molecule has 0 spiro atoms. The Morgan fingerprint density at radius 2 is 0.654 bits per heavy atom. The van der Waals surface area contributed by atoms with Gasteiger partial charge >= 0.3 is 0 Å². The Hall–Kier alpha value is -6.64. The second kappa shape index (κ2) is 9.17. The van der Waals surface area contributed by atoms with Gasteiger partial charge in [-0.05, 0) is 125 Å². The van der Waals surface area contributed by atoms with Crippen molar-refractivity contribution in [2.24, 2.45) is 0 Å². The first-order valence-electron chi connectivity index (χ1n) is 18.2. The van der Waals surface area contributed by atoms with E-state index in [1.807, 2.05) is 0 Å². The fourth-order valence-corrected chi connectivity index (χ4v) is 10.2. The molecule has 0 atom stereocenters. The van der Waals surface area contributed by atoms with Gasteiger partial charge in [-0.2, -0.15) is 0 Å². The molecule has 0 saturated carbocycles. The molecule has 0 saturated heterocycles. The standard InChI is InChI=1S/C50H28N2/c1-25-23-42-30-9-5-3-7-28(30)36-19-21-40(49(51-25)47(36)42)32-15-17-38-39-18-16-33(35-14-12-27-11-13-34(32)45(38)44(27)46(35)39)41-22-20-37-29-8-4-6-10-31(29)43-24-26(2)52-50(41)48(37)43/h3-24H,1-2H3. The molecule has 0 N–H and O–H groups in total. The van der Waals surface area contributed by atoms with Gasteiger partial charge in [-0.3, -0.25) is 9.97 Å². The normalized spacial score (nSPS) is 12.8. The minimum absolute atomic E-state index is 1.05. The van der Waals surface area contributed by atoms with Gasteiger partial charge in [0.15, 0.2) is 0 Å². The van der Waals surface area contributed by atoms with Crippen molar-refractivity contribution < 1.29 is 0 Å². The molecule has 10 aromatic rings. The Bertz CT molecular complexity index is 3140. The lowest BCUT2D eigenvalue weighted by Gasteiger charge is -2.14. The van der Waals surface area contributed by atoms with E-state index in [1.54, 1.807) is 0 Å². The van der Waals surface area contributed by atoms with Gasteiger partial charge in [0, 0.05) is 33.3 Å². The Kier molecular flexibility index (Phi) is 4.78. The summed E-state index contributed by atoms with van der Waals surface area (Å²) in [4.78, 5) is 10.5. The number of benzene rings is 8. The first-order chi connectivity index (χ1) is 25.6. The van der Waals surface area contributed by atoms with Crippen LogP contribution < -0.4 is 0 Å². The zero-order chi connectivity index (χ0) is 34.0. The average Bonchev–Trinajstić information content (AvgIpc) is 3.81. The van der Waals surface area contributed by atoms with Gasteiger partial charge in [-0.1, -0.05) is 121 Å². The van der Waals surface area contributed by atoms with Crippen molar-refractivity contribution in [1.29, 1.82) is 0 Å². The van der Waals surface area contributed by atoms with Gasteiger partial charge in [0.1, 0.15) is 0 Å². The lowest BCUT2D eigenvalue weighted by atomic mass is 9.91. The van der Waals surface area contributed by atoms with E-state index in [4.69, 9.17) is 9.97 Å². The van der Waals surface area contributed by atoms with Crippen LogP contribution in [-0.2, 0) is 0 Å². The van der Waals surface area contributed by atoms with Crippen LogP contribution in [0.3, 0.4) is 0 Å². The Morgan fingerprint density at radius 1 is 0.288 bits per heavy atom. The molecule has 3 aliphatic rings. The summed E-state index contributed by atoms with van der Waals surface area (Å²) in [5.74, 6) is 0. The van der Waals surface area contributed by atoms with Gasteiger partial charge in [0.25, 0.3) is 0 Å². The fraction of sp³-hybridized carbons (Fsp3) is 0.0400. The van der Waals surface area contributed by atoms with E-state index in [0.29, 0.717) is 0 Å². The highest BCUT2D eigenvalue weighted by Crippen LogP contribution is 2.55. The Labute approximate surface area is 299 Å².